The summed E-state index contributed by atoms with van der Waals surface area (Å²) >= 11 is 0. The first-order valence-corrected chi connectivity index (χ1v) is 9.61. The minimum atomic E-state index is -0.506. The molecule has 1 unspecified atom stereocenters. The van der Waals surface area contributed by atoms with E-state index in [2.05, 4.69) is 12.2 Å². The van der Waals surface area contributed by atoms with E-state index in [0.717, 1.165) is 19.3 Å². The van der Waals surface area contributed by atoms with Crippen LogP contribution in [0.2, 0.25) is 0 Å². The lowest BCUT2D eigenvalue weighted by Crippen LogP contribution is -2.44. The van der Waals surface area contributed by atoms with Crippen LogP contribution in [0.25, 0.3) is 0 Å². The summed E-state index contributed by atoms with van der Waals surface area (Å²) in [5.41, 5.74) is 1.84. The van der Waals surface area contributed by atoms with E-state index in [0.29, 0.717) is 35.0 Å². The van der Waals surface area contributed by atoms with Gasteiger partial charge in [0.25, 0.3) is 11.8 Å². The first-order chi connectivity index (χ1) is 13.5. The summed E-state index contributed by atoms with van der Waals surface area (Å²) in [7, 11) is 1.58. The smallest absolute Gasteiger partial charge is 0.267 e. The Morgan fingerprint density at radius 1 is 1.18 bits per heavy atom. The van der Waals surface area contributed by atoms with Gasteiger partial charge in [-0.3, -0.25) is 9.59 Å². The zero-order chi connectivity index (χ0) is 20.1. The second kappa shape index (κ2) is 8.78. The van der Waals surface area contributed by atoms with Crippen molar-refractivity contribution in [2.24, 2.45) is 0 Å². The molecular weight excluding hydrogens is 356 g/mol. The summed E-state index contributed by atoms with van der Waals surface area (Å²) < 4.78 is 10.9. The maximum Gasteiger partial charge on any atom is 0.267 e. The van der Waals surface area contributed by atoms with Gasteiger partial charge in [0, 0.05) is 17.8 Å². The van der Waals surface area contributed by atoms with Gasteiger partial charge in [0.1, 0.15) is 11.5 Å². The van der Waals surface area contributed by atoms with E-state index in [9.17, 15) is 9.59 Å². The molecule has 2 aromatic rings. The van der Waals surface area contributed by atoms with Crippen LogP contribution in [0.3, 0.4) is 0 Å². The lowest BCUT2D eigenvalue weighted by atomic mass is 10.1. The highest BCUT2D eigenvalue weighted by molar-refractivity contribution is 6.05. The van der Waals surface area contributed by atoms with Gasteiger partial charge in [0.05, 0.1) is 12.8 Å². The number of nitrogens with one attached hydrogen (secondary N) is 1. The number of nitrogens with zero attached hydrogens (tertiary/aromatic N) is 1. The van der Waals surface area contributed by atoms with Gasteiger partial charge in [-0.1, -0.05) is 19.8 Å². The normalized spacial score (nSPS) is 15.6. The van der Waals surface area contributed by atoms with Crippen molar-refractivity contribution in [3.63, 3.8) is 0 Å². The molecule has 6 heteroatoms. The summed E-state index contributed by atoms with van der Waals surface area (Å²) in [4.78, 5) is 26.9. The van der Waals surface area contributed by atoms with Crippen LogP contribution in [0.15, 0.2) is 42.5 Å². The van der Waals surface area contributed by atoms with Crippen molar-refractivity contribution in [2.45, 2.75) is 39.2 Å². The number of fused-ring (bicyclic) bond motifs is 1. The van der Waals surface area contributed by atoms with Crippen molar-refractivity contribution in [3.05, 3.63) is 48.0 Å². The fourth-order valence-corrected chi connectivity index (χ4v) is 3.18. The van der Waals surface area contributed by atoms with E-state index in [1.807, 2.05) is 0 Å². The molecule has 0 radical (unpaired) electrons. The predicted octanol–water partition coefficient (Wildman–Crippen LogP) is 4.25. The van der Waals surface area contributed by atoms with Gasteiger partial charge in [-0.2, -0.15) is 0 Å². The number of amides is 2. The molecule has 1 N–H and O–H groups in total. The Bertz CT molecular complexity index is 848. The molecule has 1 atom stereocenters. The molecule has 0 aliphatic carbocycles. The average molecular weight is 382 g/mol. The van der Waals surface area contributed by atoms with Gasteiger partial charge < -0.3 is 19.7 Å². The molecule has 1 aliphatic heterocycles. The molecule has 0 fully saturated rings. The van der Waals surface area contributed by atoms with E-state index < -0.39 is 6.10 Å². The van der Waals surface area contributed by atoms with Gasteiger partial charge in [0.15, 0.2) is 6.10 Å². The molecule has 0 aromatic heterocycles. The van der Waals surface area contributed by atoms with Crippen LogP contribution in [0, 0.1) is 0 Å². The van der Waals surface area contributed by atoms with Gasteiger partial charge in [-0.25, -0.2) is 0 Å². The third-order valence-corrected chi connectivity index (χ3v) is 4.76. The number of carbonyl (C=O) groups excluding carboxylic acids is 2. The maximum absolute atomic E-state index is 12.6. The average Bonchev–Trinajstić information content (AvgIpc) is 2.71. The van der Waals surface area contributed by atoms with Crippen molar-refractivity contribution in [1.29, 1.82) is 0 Å². The zero-order valence-corrected chi connectivity index (χ0v) is 16.5. The van der Waals surface area contributed by atoms with Crippen LogP contribution in [0.5, 0.6) is 11.5 Å². The van der Waals surface area contributed by atoms with Crippen LogP contribution < -0.4 is 19.7 Å². The second-order valence-electron chi connectivity index (χ2n) is 6.82. The molecule has 2 amide bonds. The number of ether oxygens (including phenoxy) is 2. The largest absolute Gasteiger partial charge is 0.497 e. The molecule has 1 aliphatic rings. The van der Waals surface area contributed by atoms with Crippen molar-refractivity contribution in [3.8, 4) is 11.5 Å². The Hall–Kier alpha value is -3.02. The molecule has 6 nitrogen and oxygen atoms in total. The monoisotopic (exact) mass is 382 g/mol. The van der Waals surface area contributed by atoms with E-state index in [1.165, 1.54) is 0 Å². The number of methoxy groups -OCH3 is 1. The van der Waals surface area contributed by atoms with Crippen LogP contribution in [0.1, 0.15) is 43.5 Å². The van der Waals surface area contributed by atoms with E-state index in [-0.39, 0.29) is 11.8 Å². The molecule has 0 bridgehead atoms. The summed E-state index contributed by atoms with van der Waals surface area (Å²) in [6.45, 7) is 4.53. The highest BCUT2D eigenvalue weighted by Gasteiger charge is 2.31. The van der Waals surface area contributed by atoms with Crippen LogP contribution in [0.4, 0.5) is 11.4 Å². The third-order valence-electron chi connectivity index (χ3n) is 4.76. The summed E-state index contributed by atoms with van der Waals surface area (Å²) in [5, 5.41) is 2.89. The maximum atomic E-state index is 12.6. The number of carbonyl (C=O) groups is 2. The number of unbranched alkanes of at least 4 members (excludes halogenated alkanes) is 2. The minimum Gasteiger partial charge on any atom is -0.497 e. The fraction of sp³-hybridized carbons (Fsp3) is 0.364. The summed E-state index contributed by atoms with van der Waals surface area (Å²) in [6.07, 6.45) is 2.56. The van der Waals surface area contributed by atoms with E-state index in [1.54, 1.807) is 61.4 Å². The van der Waals surface area contributed by atoms with Gasteiger partial charge in [-0.05, 0) is 55.8 Å². The Morgan fingerprint density at radius 2 is 1.93 bits per heavy atom. The second-order valence-corrected chi connectivity index (χ2v) is 6.82. The molecule has 28 heavy (non-hydrogen) atoms. The molecule has 0 spiro atoms. The quantitative estimate of drug-likeness (QED) is 0.727. The molecular formula is C22H26N2O4. The standard InChI is InChI=1S/C22H26N2O4/c1-4-5-6-13-24-19-14-17(9-12-20(19)28-15(2)22(24)26)23-21(25)16-7-10-18(27-3)11-8-16/h7-12,14-15H,4-6,13H2,1-3H3,(H,23,25). The number of anilines is 2. The first-order valence-electron chi connectivity index (χ1n) is 9.61. The van der Waals surface area contributed by atoms with Crippen LogP contribution >= 0.6 is 0 Å². The number of rotatable bonds is 7. The first kappa shape index (κ1) is 19.7. The summed E-state index contributed by atoms with van der Waals surface area (Å²) in [5.74, 6) is 1.07. The lowest BCUT2D eigenvalue weighted by Gasteiger charge is -2.33. The Balaban J connectivity index is 1.80. The lowest BCUT2D eigenvalue weighted by molar-refractivity contribution is -0.125. The number of benzene rings is 2. The zero-order valence-electron chi connectivity index (χ0n) is 16.5. The van der Waals surface area contributed by atoms with Gasteiger partial charge in [0.2, 0.25) is 0 Å². The van der Waals surface area contributed by atoms with E-state index in [4.69, 9.17) is 9.47 Å². The minimum absolute atomic E-state index is 0.0535. The van der Waals surface area contributed by atoms with Crippen molar-refractivity contribution < 1.29 is 19.1 Å². The van der Waals surface area contributed by atoms with Crippen LogP contribution in [-0.4, -0.2) is 31.6 Å². The molecule has 148 valence electrons. The molecule has 2 aromatic carbocycles. The fourth-order valence-electron chi connectivity index (χ4n) is 3.18. The van der Waals surface area contributed by atoms with Crippen LogP contribution in [-0.2, 0) is 4.79 Å². The molecule has 1 heterocycles. The molecule has 0 saturated carbocycles. The number of hydrogen-bond donors (Lipinski definition) is 1. The third kappa shape index (κ3) is 4.27. The molecule has 0 saturated heterocycles. The Morgan fingerprint density at radius 3 is 2.61 bits per heavy atom. The van der Waals surface area contributed by atoms with Gasteiger partial charge in [-0.15, -0.1) is 0 Å². The topological polar surface area (TPSA) is 67.9 Å². The predicted molar refractivity (Wildman–Crippen MR) is 109 cm³/mol. The van der Waals surface area contributed by atoms with Crippen molar-refractivity contribution in [1.82, 2.24) is 0 Å². The van der Waals surface area contributed by atoms with Crippen molar-refractivity contribution in [2.75, 3.05) is 23.9 Å². The van der Waals surface area contributed by atoms with Crippen molar-refractivity contribution >= 4 is 23.2 Å². The number of hydrogen-bond acceptors (Lipinski definition) is 4. The van der Waals surface area contributed by atoms with Gasteiger partial charge >= 0.3 is 0 Å². The van der Waals surface area contributed by atoms with E-state index >= 15 is 0 Å². The Labute approximate surface area is 165 Å². The SMILES string of the molecule is CCCCCN1C(=O)C(C)Oc2ccc(NC(=O)c3ccc(OC)cc3)cc21. The highest BCUT2D eigenvalue weighted by atomic mass is 16.5. The summed E-state index contributed by atoms with van der Waals surface area (Å²) in [6, 6.07) is 12.3. The highest BCUT2D eigenvalue weighted by Crippen LogP contribution is 2.36. The molecule has 3 rings (SSSR count). The Kier molecular flexibility index (Phi) is 6.19.